The third-order valence-corrected chi connectivity index (χ3v) is 3.42. The number of aryl methyl sites for hydroxylation is 1. The molecule has 6 heteroatoms. The van der Waals surface area contributed by atoms with Crippen LogP contribution < -0.4 is 15.8 Å². The number of rotatable bonds is 5. The number of hydrogen-bond acceptors (Lipinski definition) is 5. The van der Waals surface area contributed by atoms with E-state index in [9.17, 15) is 4.39 Å². The summed E-state index contributed by atoms with van der Waals surface area (Å²) >= 11 is 1.59. The molecule has 0 spiro atoms. The molecule has 1 aromatic heterocycles. The molecule has 20 heavy (non-hydrogen) atoms. The Labute approximate surface area is 121 Å². The predicted octanol–water partition coefficient (Wildman–Crippen LogP) is 3.57. The van der Waals surface area contributed by atoms with Crippen molar-refractivity contribution in [2.45, 2.75) is 33.4 Å². The first kappa shape index (κ1) is 14.6. The van der Waals surface area contributed by atoms with Gasteiger partial charge in [0.15, 0.2) is 11.6 Å². The number of halogens is 1. The molecule has 108 valence electrons. The monoisotopic (exact) mass is 295 g/mol. The molecule has 2 aromatic rings. The Balaban J connectivity index is 2.14. The molecule has 0 unspecified atom stereocenters. The van der Waals surface area contributed by atoms with E-state index in [0.717, 1.165) is 10.7 Å². The molecule has 4 nitrogen and oxygen atoms in total. The van der Waals surface area contributed by atoms with Crippen molar-refractivity contribution in [2.24, 2.45) is 0 Å². The minimum atomic E-state index is -0.453. The van der Waals surface area contributed by atoms with Crippen LogP contribution in [-0.2, 0) is 6.54 Å². The number of hydrogen-bond donors (Lipinski definition) is 2. The second-order valence-electron chi connectivity index (χ2n) is 4.75. The second kappa shape index (κ2) is 6.09. The van der Waals surface area contributed by atoms with Crippen LogP contribution in [0.3, 0.4) is 0 Å². The first-order valence-corrected chi connectivity index (χ1v) is 7.24. The van der Waals surface area contributed by atoms with Gasteiger partial charge in [0.1, 0.15) is 0 Å². The van der Waals surface area contributed by atoms with Crippen molar-refractivity contribution in [3.8, 4) is 5.75 Å². The molecule has 0 aliphatic heterocycles. The van der Waals surface area contributed by atoms with Crippen LogP contribution in [0.5, 0.6) is 5.75 Å². The zero-order valence-electron chi connectivity index (χ0n) is 11.7. The van der Waals surface area contributed by atoms with Crippen molar-refractivity contribution in [3.63, 3.8) is 0 Å². The van der Waals surface area contributed by atoms with E-state index in [1.807, 2.05) is 26.2 Å². The summed E-state index contributed by atoms with van der Waals surface area (Å²) in [6.07, 6.45) is -0.0952. The number of thiazole rings is 1. The Hall–Kier alpha value is -1.82. The highest BCUT2D eigenvalue weighted by molar-refractivity contribution is 7.09. The fourth-order valence-corrected chi connectivity index (χ4v) is 2.35. The van der Waals surface area contributed by atoms with Crippen LogP contribution in [0, 0.1) is 12.7 Å². The summed E-state index contributed by atoms with van der Waals surface area (Å²) < 4.78 is 19.1. The molecular weight excluding hydrogens is 277 g/mol. The lowest BCUT2D eigenvalue weighted by atomic mass is 10.2. The van der Waals surface area contributed by atoms with Gasteiger partial charge in [-0.2, -0.15) is 0 Å². The molecule has 0 saturated heterocycles. The summed E-state index contributed by atoms with van der Waals surface area (Å²) in [5.41, 5.74) is 7.75. The molecular formula is C14H18FN3OS. The fraction of sp³-hybridized carbons (Fsp3) is 0.357. The SMILES string of the molecule is Cc1nc(CNc2cc(OC(C)C)c(F)cc2N)cs1. The van der Waals surface area contributed by atoms with Gasteiger partial charge in [-0.1, -0.05) is 0 Å². The smallest absolute Gasteiger partial charge is 0.167 e. The number of anilines is 2. The third kappa shape index (κ3) is 3.60. The van der Waals surface area contributed by atoms with Gasteiger partial charge in [-0.15, -0.1) is 11.3 Å². The summed E-state index contributed by atoms with van der Waals surface area (Å²) in [6.45, 7) is 6.19. The number of ether oxygens (including phenoxy) is 1. The molecule has 2 rings (SSSR count). The normalized spacial score (nSPS) is 10.8. The number of nitrogens with zero attached hydrogens (tertiary/aromatic N) is 1. The summed E-state index contributed by atoms with van der Waals surface area (Å²) in [4.78, 5) is 4.35. The van der Waals surface area contributed by atoms with E-state index in [1.165, 1.54) is 6.07 Å². The van der Waals surface area contributed by atoms with Crippen LogP contribution >= 0.6 is 11.3 Å². The second-order valence-corrected chi connectivity index (χ2v) is 5.81. The molecule has 0 saturated carbocycles. The summed E-state index contributed by atoms with van der Waals surface area (Å²) in [7, 11) is 0. The highest BCUT2D eigenvalue weighted by Gasteiger charge is 2.11. The number of nitrogens with two attached hydrogens (primary N) is 1. The zero-order chi connectivity index (χ0) is 14.7. The maximum absolute atomic E-state index is 13.7. The van der Waals surface area contributed by atoms with E-state index in [4.69, 9.17) is 10.5 Å². The van der Waals surface area contributed by atoms with Gasteiger partial charge in [-0.25, -0.2) is 9.37 Å². The summed E-state index contributed by atoms with van der Waals surface area (Å²) in [5, 5.41) is 6.15. The van der Waals surface area contributed by atoms with E-state index < -0.39 is 5.82 Å². The number of nitrogen functional groups attached to an aromatic ring is 1. The molecule has 1 aromatic carbocycles. The van der Waals surface area contributed by atoms with Crippen molar-refractivity contribution in [3.05, 3.63) is 34.0 Å². The molecule has 0 radical (unpaired) electrons. The molecule has 0 fully saturated rings. The van der Waals surface area contributed by atoms with Gasteiger partial charge in [0, 0.05) is 17.5 Å². The van der Waals surface area contributed by atoms with E-state index >= 15 is 0 Å². The Morgan fingerprint density at radius 3 is 2.80 bits per heavy atom. The van der Waals surface area contributed by atoms with Crippen molar-refractivity contribution in [1.29, 1.82) is 0 Å². The van der Waals surface area contributed by atoms with Crippen molar-refractivity contribution in [2.75, 3.05) is 11.1 Å². The van der Waals surface area contributed by atoms with E-state index in [2.05, 4.69) is 10.3 Å². The van der Waals surface area contributed by atoms with Crippen molar-refractivity contribution < 1.29 is 9.13 Å². The minimum Gasteiger partial charge on any atom is -0.488 e. The van der Waals surface area contributed by atoms with Gasteiger partial charge in [0.2, 0.25) is 0 Å². The van der Waals surface area contributed by atoms with Gasteiger partial charge in [0.25, 0.3) is 0 Å². The van der Waals surface area contributed by atoms with E-state index in [1.54, 1.807) is 17.4 Å². The minimum absolute atomic E-state index is 0.0952. The molecule has 1 heterocycles. The quantitative estimate of drug-likeness (QED) is 0.828. The standard InChI is InChI=1S/C14H18FN3OS/c1-8(2)19-14-5-13(12(16)4-11(14)15)17-6-10-7-20-9(3)18-10/h4-5,7-8,17H,6,16H2,1-3H3. The summed E-state index contributed by atoms with van der Waals surface area (Å²) in [5.74, 6) is -0.252. The molecule has 0 aliphatic carbocycles. The molecule has 3 N–H and O–H groups in total. The first-order valence-electron chi connectivity index (χ1n) is 6.36. The third-order valence-electron chi connectivity index (χ3n) is 2.59. The highest BCUT2D eigenvalue weighted by atomic mass is 32.1. The number of benzene rings is 1. The highest BCUT2D eigenvalue weighted by Crippen LogP contribution is 2.29. The average molecular weight is 295 g/mol. The van der Waals surface area contributed by atoms with Crippen LogP contribution in [0.4, 0.5) is 15.8 Å². The Morgan fingerprint density at radius 2 is 2.20 bits per heavy atom. The van der Waals surface area contributed by atoms with Crippen LogP contribution in [0.2, 0.25) is 0 Å². The average Bonchev–Trinajstić information content (AvgIpc) is 2.76. The molecule has 0 bridgehead atoms. The van der Waals surface area contributed by atoms with Crippen molar-refractivity contribution in [1.82, 2.24) is 4.98 Å². The van der Waals surface area contributed by atoms with Gasteiger partial charge in [-0.3, -0.25) is 0 Å². The number of aromatic nitrogens is 1. The maximum Gasteiger partial charge on any atom is 0.167 e. The predicted molar refractivity (Wildman–Crippen MR) is 80.8 cm³/mol. The molecule has 0 atom stereocenters. The maximum atomic E-state index is 13.7. The summed E-state index contributed by atoms with van der Waals surface area (Å²) in [6, 6.07) is 2.86. The van der Waals surface area contributed by atoms with Crippen LogP contribution in [0.15, 0.2) is 17.5 Å². The lowest BCUT2D eigenvalue weighted by Gasteiger charge is -2.14. The Morgan fingerprint density at radius 1 is 1.45 bits per heavy atom. The van der Waals surface area contributed by atoms with Gasteiger partial charge in [0.05, 0.1) is 34.7 Å². The van der Waals surface area contributed by atoms with Gasteiger partial charge in [-0.05, 0) is 20.8 Å². The zero-order valence-corrected chi connectivity index (χ0v) is 12.6. The van der Waals surface area contributed by atoms with Crippen LogP contribution in [0.25, 0.3) is 0 Å². The van der Waals surface area contributed by atoms with E-state index in [0.29, 0.717) is 17.9 Å². The van der Waals surface area contributed by atoms with Crippen LogP contribution in [0.1, 0.15) is 24.5 Å². The Kier molecular flexibility index (Phi) is 4.44. The topological polar surface area (TPSA) is 60.2 Å². The number of nitrogens with one attached hydrogen (secondary N) is 1. The van der Waals surface area contributed by atoms with Gasteiger partial charge >= 0.3 is 0 Å². The van der Waals surface area contributed by atoms with Gasteiger partial charge < -0.3 is 15.8 Å². The lowest BCUT2D eigenvalue weighted by molar-refractivity contribution is 0.231. The van der Waals surface area contributed by atoms with Crippen LogP contribution in [-0.4, -0.2) is 11.1 Å². The fourth-order valence-electron chi connectivity index (χ4n) is 1.74. The first-order chi connectivity index (χ1) is 9.45. The van der Waals surface area contributed by atoms with Crippen molar-refractivity contribution >= 4 is 22.7 Å². The van der Waals surface area contributed by atoms with E-state index in [-0.39, 0.29) is 11.9 Å². The molecule has 0 aliphatic rings. The lowest BCUT2D eigenvalue weighted by Crippen LogP contribution is -2.09. The molecule has 0 amide bonds. The largest absolute Gasteiger partial charge is 0.488 e. The Bertz CT molecular complexity index is 598.